The number of anilines is 1. The predicted octanol–water partition coefficient (Wildman–Crippen LogP) is 3.56. The molecule has 0 aliphatic carbocycles. The van der Waals surface area contributed by atoms with Gasteiger partial charge in [-0.2, -0.15) is 0 Å². The summed E-state index contributed by atoms with van der Waals surface area (Å²) in [5.41, 5.74) is 4.30. The number of aryl methyl sites for hydroxylation is 1. The molecule has 6 nitrogen and oxygen atoms in total. The van der Waals surface area contributed by atoms with E-state index < -0.39 is 6.04 Å². The van der Waals surface area contributed by atoms with Crippen LogP contribution in [0.3, 0.4) is 0 Å². The van der Waals surface area contributed by atoms with Crippen LogP contribution >= 0.6 is 0 Å². The fraction of sp³-hybridized carbons (Fsp3) is 0.400. The van der Waals surface area contributed by atoms with Gasteiger partial charge in [0.25, 0.3) is 5.56 Å². The molecular formula is C25H30N4O2. The van der Waals surface area contributed by atoms with Crippen LogP contribution in [0.25, 0.3) is 10.9 Å². The average Bonchev–Trinajstić information content (AvgIpc) is 2.77. The topological polar surface area (TPSA) is 58.4 Å². The highest BCUT2D eigenvalue weighted by Crippen LogP contribution is 2.26. The summed E-state index contributed by atoms with van der Waals surface area (Å²) in [6, 6.07) is 13.1. The maximum absolute atomic E-state index is 13.5. The molecule has 0 saturated carbocycles. The van der Waals surface area contributed by atoms with Gasteiger partial charge >= 0.3 is 0 Å². The van der Waals surface area contributed by atoms with Crippen LogP contribution in [-0.4, -0.2) is 46.5 Å². The van der Waals surface area contributed by atoms with Crippen LogP contribution in [-0.2, 0) is 4.79 Å². The van der Waals surface area contributed by atoms with E-state index in [4.69, 9.17) is 0 Å². The van der Waals surface area contributed by atoms with Gasteiger partial charge in [-0.05, 0) is 49.1 Å². The Kier molecular flexibility index (Phi) is 5.81. The normalized spacial score (nSPS) is 15.5. The lowest BCUT2D eigenvalue weighted by atomic mass is 10.0. The van der Waals surface area contributed by atoms with Crippen LogP contribution in [0.2, 0.25) is 0 Å². The molecule has 2 aromatic carbocycles. The second kappa shape index (κ2) is 8.53. The molecule has 0 radical (unpaired) electrons. The van der Waals surface area contributed by atoms with E-state index in [0.29, 0.717) is 24.0 Å². The van der Waals surface area contributed by atoms with E-state index in [9.17, 15) is 9.59 Å². The molecule has 4 rings (SSSR count). The number of piperazine rings is 1. The summed E-state index contributed by atoms with van der Waals surface area (Å²) >= 11 is 0. The van der Waals surface area contributed by atoms with Gasteiger partial charge in [-0.15, -0.1) is 0 Å². The maximum atomic E-state index is 13.5. The molecule has 3 aromatic rings. The van der Waals surface area contributed by atoms with Crippen LogP contribution in [0.1, 0.15) is 31.0 Å². The van der Waals surface area contributed by atoms with E-state index in [1.165, 1.54) is 27.7 Å². The van der Waals surface area contributed by atoms with Crippen LogP contribution in [0.4, 0.5) is 5.69 Å². The highest BCUT2D eigenvalue weighted by Gasteiger charge is 2.32. The van der Waals surface area contributed by atoms with Crippen molar-refractivity contribution >= 4 is 22.5 Å². The number of para-hydroxylation sites is 1. The first-order valence-electron chi connectivity index (χ1n) is 10.9. The predicted molar refractivity (Wildman–Crippen MR) is 125 cm³/mol. The van der Waals surface area contributed by atoms with Gasteiger partial charge in [-0.25, -0.2) is 4.98 Å². The first-order chi connectivity index (χ1) is 14.9. The van der Waals surface area contributed by atoms with Crippen LogP contribution < -0.4 is 10.5 Å². The minimum absolute atomic E-state index is 0.00482. The van der Waals surface area contributed by atoms with Gasteiger partial charge < -0.3 is 9.80 Å². The largest absolute Gasteiger partial charge is 0.368 e. The molecule has 0 spiro atoms. The zero-order chi connectivity index (χ0) is 22.1. The van der Waals surface area contributed by atoms with Crippen molar-refractivity contribution in [3.8, 4) is 0 Å². The number of nitrogens with zero attached hydrogens (tertiary/aromatic N) is 4. The van der Waals surface area contributed by atoms with Gasteiger partial charge in [0.2, 0.25) is 5.91 Å². The monoisotopic (exact) mass is 418 g/mol. The van der Waals surface area contributed by atoms with E-state index in [1.807, 2.05) is 36.9 Å². The quantitative estimate of drug-likeness (QED) is 0.650. The minimum Gasteiger partial charge on any atom is -0.368 e. The number of fused-ring (bicyclic) bond motifs is 1. The van der Waals surface area contributed by atoms with E-state index in [0.717, 1.165) is 13.1 Å². The zero-order valence-corrected chi connectivity index (χ0v) is 18.7. The molecule has 1 atom stereocenters. The molecule has 1 aromatic heterocycles. The third-order valence-electron chi connectivity index (χ3n) is 6.38. The highest BCUT2D eigenvalue weighted by atomic mass is 16.2. The Balaban J connectivity index is 1.56. The molecule has 0 N–H and O–H groups in total. The van der Waals surface area contributed by atoms with E-state index in [2.05, 4.69) is 41.9 Å². The lowest BCUT2D eigenvalue weighted by Crippen LogP contribution is -2.52. The number of carbonyl (C=O) groups excluding carboxylic acids is 1. The summed E-state index contributed by atoms with van der Waals surface area (Å²) in [5.74, 6) is -0.0278. The molecule has 162 valence electrons. The average molecular weight is 419 g/mol. The maximum Gasteiger partial charge on any atom is 0.261 e. The van der Waals surface area contributed by atoms with Crippen molar-refractivity contribution in [2.24, 2.45) is 5.92 Å². The van der Waals surface area contributed by atoms with Crippen LogP contribution in [0.5, 0.6) is 0 Å². The number of aromatic nitrogens is 2. The molecule has 1 unspecified atom stereocenters. The lowest BCUT2D eigenvalue weighted by molar-refractivity contribution is -0.136. The standard InChI is InChI=1S/C25H30N4O2/c1-17(2)23(29-16-26-21-10-6-5-9-20(21)24(29)30)25(31)28-14-12-27(13-15-28)22-11-7-8-18(3)19(22)4/h5-11,16-17,23H,12-15H2,1-4H3. The Morgan fingerprint density at radius 3 is 2.39 bits per heavy atom. The third-order valence-corrected chi connectivity index (χ3v) is 6.38. The Morgan fingerprint density at radius 1 is 0.968 bits per heavy atom. The number of hydrogen-bond donors (Lipinski definition) is 0. The summed E-state index contributed by atoms with van der Waals surface area (Å²) < 4.78 is 1.52. The molecule has 6 heteroatoms. The molecular weight excluding hydrogens is 388 g/mol. The fourth-order valence-electron chi connectivity index (χ4n) is 4.44. The van der Waals surface area contributed by atoms with Crippen molar-refractivity contribution in [1.82, 2.24) is 14.5 Å². The first kappa shape index (κ1) is 21.1. The zero-order valence-electron chi connectivity index (χ0n) is 18.7. The molecule has 1 amide bonds. The van der Waals surface area contributed by atoms with Gasteiger partial charge in [0, 0.05) is 31.9 Å². The van der Waals surface area contributed by atoms with E-state index >= 15 is 0 Å². The smallest absolute Gasteiger partial charge is 0.261 e. The number of amides is 1. The van der Waals surface area contributed by atoms with Gasteiger partial charge in [-0.1, -0.05) is 38.1 Å². The number of rotatable bonds is 4. The highest BCUT2D eigenvalue weighted by molar-refractivity contribution is 5.82. The van der Waals surface area contributed by atoms with Crippen molar-refractivity contribution in [3.05, 3.63) is 70.3 Å². The number of hydrogen-bond acceptors (Lipinski definition) is 4. The van der Waals surface area contributed by atoms with Gasteiger partial charge in [0.05, 0.1) is 17.2 Å². The molecule has 1 aliphatic heterocycles. The molecule has 1 saturated heterocycles. The Hall–Kier alpha value is -3.15. The SMILES string of the molecule is Cc1cccc(N2CCN(C(=O)C(C(C)C)n3cnc4ccccc4c3=O)CC2)c1C. The summed E-state index contributed by atoms with van der Waals surface area (Å²) in [4.78, 5) is 35.3. The Bertz CT molecular complexity index is 1160. The lowest BCUT2D eigenvalue weighted by Gasteiger charge is -2.39. The fourth-order valence-corrected chi connectivity index (χ4v) is 4.44. The van der Waals surface area contributed by atoms with E-state index in [-0.39, 0.29) is 17.4 Å². The first-order valence-corrected chi connectivity index (χ1v) is 10.9. The second-order valence-electron chi connectivity index (χ2n) is 8.69. The summed E-state index contributed by atoms with van der Waals surface area (Å²) in [5, 5.41) is 0.545. The Labute approximate surface area is 183 Å². The Morgan fingerprint density at radius 2 is 1.68 bits per heavy atom. The van der Waals surface area contributed by atoms with Crippen molar-refractivity contribution in [2.75, 3.05) is 31.1 Å². The minimum atomic E-state index is -0.558. The van der Waals surface area contributed by atoms with Crippen molar-refractivity contribution in [2.45, 2.75) is 33.7 Å². The van der Waals surface area contributed by atoms with Gasteiger partial charge in [0.15, 0.2) is 0 Å². The van der Waals surface area contributed by atoms with Crippen molar-refractivity contribution < 1.29 is 4.79 Å². The number of benzene rings is 2. The summed E-state index contributed by atoms with van der Waals surface area (Å²) in [6.07, 6.45) is 1.53. The van der Waals surface area contributed by atoms with Crippen LogP contribution in [0, 0.1) is 19.8 Å². The van der Waals surface area contributed by atoms with E-state index in [1.54, 1.807) is 6.07 Å². The molecule has 2 heterocycles. The summed E-state index contributed by atoms with van der Waals surface area (Å²) in [7, 11) is 0. The number of carbonyl (C=O) groups is 1. The van der Waals surface area contributed by atoms with Crippen molar-refractivity contribution in [3.63, 3.8) is 0 Å². The van der Waals surface area contributed by atoms with Gasteiger partial charge in [0.1, 0.15) is 6.04 Å². The van der Waals surface area contributed by atoms with Crippen LogP contribution in [0.15, 0.2) is 53.6 Å². The second-order valence-corrected chi connectivity index (χ2v) is 8.69. The van der Waals surface area contributed by atoms with Gasteiger partial charge in [-0.3, -0.25) is 14.2 Å². The molecule has 1 fully saturated rings. The molecule has 31 heavy (non-hydrogen) atoms. The molecule has 1 aliphatic rings. The summed E-state index contributed by atoms with van der Waals surface area (Å²) in [6.45, 7) is 11.1. The molecule has 0 bridgehead atoms. The third kappa shape index (κ3) is 3.94. The van der Waals surface area contributed by atoms with Crippen molar-refractivity contribution in [1.29, 1.82) is 0 Å².